The van der Waals surface area contributed by atoms with Gasteiger partial charge in [0.15, 0.2) is 0 Å². The normalized spacial score (nSPS) is 13.7. The lowest BCUT2D eigenvalue weighted by Crippen LogP contribution is -2.30. The number of carboxylic acid groups (broad SMARTS) is 1. The summed E-state index contributed by atoms with van der Waals surface area (Å²) < 4.78 is 49.3. The van der Waals surface area contributed by atoms with Crippen LogP contribution in [0.1, 0.15) is 30.1 Å². The van der Waals surface area contributed by atoms with Crippen molar-refractivity contribution in [3.8, 4) is 5.75 Å². The van der Waals surface area contributed by atoms with Crippen LogP contribution in [0.25, 0.3) is 0 Å². The van der Waals surface area contributed by atoms with Crippen LogP contribution in [0.3, 0.4) is 0 Å². The summed E-state index contributed by atoms with van der Waals surface area (Å²) in [5.41, 5.74) is 6.13. The van der Waals surface area contributed by atoms with E-state index >= 15 is 0 Å². The van der Waals surface area contributed by atoms with Crippen LogP contribution in [0.4, 0.5) is 13.2 Å². The maximum Gasteiger partial charge on any atom is 0.416 e. The third-order valence-corrected chi connectivity index (χ3v) is 3.94. The average Bonchev–Trinajstić information content (AvgIpc) is 2.65. The van der Waals surface area contributed by atoms with E-state index in [1.54, 1.807) is 0 Å². The van der Waals surface area contributed by atoms with Crippen LogP contribution in [0.15, 0.2) is 54.6 Å². The van der Waals surface area contributed by atoms with Gasteiger partial charge in [-0.15, -0.1) is 0 Å². The molecule has 2 aromatic rings. The summed E-state index contributed by atoms with van der Waals surface area (Å²) in [7, 11) is 0. The van der Waals surface area contributed by atoms with E-state index in [-0.39, 0.29) is 19.6 Å². The monoisotopic (exact) mass is 397 g/mol. The van der Waals surface area contributed by atoms with E-state index in [0.717, 1.165) is 17.7 Å². The Kier molecular flexibility index (Phi) is 7.83. The summed E-state index contributed by atoms with van der Waals surface area (Å²) in [6.45, 7) is 0.200. The van der Waals surface area contributed by atoms with E-state index in [4.69, 9.17) is 20.3 Å². The molecule has 0 aliphatic carbocycles. The second kappa shape index (κ2) is 10.1. The van der Waals surface area contributed by atoms with Crippen LogP contribution in [-0.2, 0) is 15.7 Å². The molecule has 5 nitrogen and oxygen atoms in total. The molecule has 0 aromatic heterocycles. The second-order valence-corrected chi connectivity index (χ2v) is 6.25. The molecule has 28 heavy (non-hydrogen) atoms. The maximum atomic E-state index is 12.7. The van der Waals surface area contributed by atoms with Gasteiger partial charge in [-0.2, -0.15) is 13.2 Å². The first kappa shape index (κ1) is 21.7. The number of carboxylic acids is 1. The zero-order chi connectivity index (χ0) is 20.6. The number of aliphatic carboxylic acids is 1. The van der Waals surface area contributed by atoms with Crippen LogP contribution in [-0.4, -0.2) is 30.3 Å². The fraction of sp³-hybridized carbons (Fsp3) is 0.350. The third kappa shape index (κ3) is 7.21. The molecular formula is C20H22F3NO4. The Morgan fingerprint density at radius 3 is 2.29 bits per heavy atom. The summed E-state index contributed by atoms with van der Waals surface area (Å²) in [6.07, 6.45) is -4.67. The number of alkyl halides is 3. The fourth-order valence-electron chi connectivity index (χ4n) is 2.54. The number of halogens is 3. The molecule has 0 saturated carbocycles. The van der Waals surface area contributed by atoms with E-state index in [1.807, 2.05) is 30.3 Å². The van der Waals surface area contributed by atoms with Crippen molar-refractivity contribution in [2.75, 3.05) is 13.2 Å². The van der Waals surface area contributed by atoms with Crippen LogP contribution >= 0.6 is 0 Å². The van der Waals surface area contributed by atoms with Crippen molar-refractivity contribution in [1.82, 2.24) is 0 Å². The number of carbonyl (C=O) groups is 1. The highest BCUT2D eigenvalue weighted by Crippen LogP contribution is 2.32. The molecule has 0 spiro atoms. The molecule has 3 N–H and O–H groups in total. The molecular weight excluding hydrogens is 375 g/mol. The number of ether oxygens (including phenoxy) is 2. The minimum atomic E-state index is -4.41. The average molecular weight is 397 g/mol. The van der Waals surface area contributed by atoms with Gasteiger partial charge in [-0.25, -0.2) is 0 Å². The van der Waals surface area contributed by atoms with Crippen molar-refractivity contribution < 1.29 is 32.5 Å². The van der Waals surface area contributed by atoms with Gasteiger partial charge in [0.2, 0.25) is 0 Å². The number of benzene rings is 2. The molecule has 8 heteroatoms. The quantitative estimate of drug-likeness (QED) is 0.592. The molecule has 2 atom stereocenters. The Labute approximate surface area is 160 Å². The van der Waals surface area contributed by atoms with Gasteiger partial charge in [-0.3, -0.25) is 4.79 Å². The molecule has 0 saturated heterocycles. The smallest absolute Gasteiger partial charge is 0.416 e. The summed E-state index contributed by atoms with van der Waals surface area (Å²) in [4.78, 5) is 10.5. The van der Waals surface area contributed by atoms with E-state index in [1.165, 1.54) is 12.1 Å². The molecule has 0 unspecified atom stereocenters. The lowest BCUT2D eigenvalue weighted by molar-refractivity contribution is -0.138. The molecule has 2 rings (SSSR count). The van der Waals surface area contributed by atoms with Crippen LogP contribution in [0, 0.1) is 0 Å². The van der Waals surface area contributed by atoms with Gasteiger partial charge in [0, 0.05) is 12.5 Å². The van der Waals surface area contributed by atoms with Gasteiger partial charge >= 0.3 is 12.1 Å². The summed E-state index contributed by atoms with van der Waals surface area (Å²) in [5.74, 6) is -0.665. The number of rotatable bonds is 10. The van der Waals surface area contributed by atoms with Crippen molar-refractivity contribution in [3.63, 3.8) is 0 Å². The highest BCUT2D eigenvalue weighted by molar-refractivity contribution is 5.66. The number of hydrogen-bond donors (Lipinski definition) is 2. The zero-order valence-corrected chi connectivity index (χ0v) is 15.1. The van der Waals surface area contributed by atoms with Crippen LogP contribution in [0.5, 0.6) is 5.75 Å². The Balaban J connectivity index is 2.03. The highest BCUT2D eigenvalue weighted by atomic mass is 19.4. The van der Waals surface area contributed by atoms with E-state index < -0.39 is 29.9 Å². The summed E-state index contributed by atoms with van der Waals surface area (Å²) in [6, 6.07) is 13.2. The standard InChI is InChI=1S/C20H22F3NO4/c21-20(22,23)15-6-8-17(9-7-15)28-18(14-4-2-1-3-5-14)12-16(24)13-27-11-10-19(25)26/h1-9,16,18H,10-13,24H2,(H,25,26)/t16-,18-/m1/s1. The Hall–Kier alpha value is -2.58. The van der Waals surface area contributed by atoms with Gasteiger partial charge in [-0.05, 0) is 29.8 Å². The summed E-state index contributed by atoms with van der Waals surface area (Å²) >= 11 is 0. The van der Waals surface area contributed by atoms with Crippen molar-refractivity contribution in [1.29, 1.82) is 0 Å². The fourth-order valence-corrected chi connectivity index (χ4v) is 2.54. The van der Waals surface area contributed by atoms with E-state index in [2.05, 4.69) is 0 Å². The second-order valence-electron chi connectivity index (χ2n) is 6.25. The van der Waals surface area contributed by atoms with Crippen LogP contribution < -0.4 is 10.5 Å². The van der Waals surface area contributed by atoms with Gasteiger partial charge in [0.25, 0.3) is 0 Å². The lowest BCUT2D eigenvalue weighted by atomic mass is 10.0. The van der Waals surface area contributed by atoms with E-state index in [9.17, 15) is 18.0 Å². The number of nitrogens with two attached hydrogens (primary N) is 1. The molecule has 0 aliphatic heterocycles. The predicted octanol–water partition coefficient (Wildman–Crippen LogP) is 4.03. The first-order valence-corrected chi connectivity index (χ1v) is 8.69. The SMILES string of the molecule is N[C@@H](COCCC(=O)O)C[C@@H](Oc1ccc(C(F)(F)F)cc1)c1ccccc1. The molecule has 0 fully saturated rings. The van der Waals surface area contributed by atoms with Crippen molar-refractivity contribution in [2.45, 2.75) is 31.2 Å². The Bertz CT molecular complexity index is 735. The third-order valence-electron chi connectivity index (χ3n) is 3.94. The topological polar surface area (TPSA) is 81.8 Å². The van der Waals surface area contributed by atoms with Crippen molar-refractivity contribution >= 4 is 5.97 Å². The zero-order valence-electron chi connectivity index (χ0n) is 15.1. The molecule has 0 aliphatic rings. The van der Waals surface area contributed by atoms with Gasteiger partial charge < -0.3 is 20.3 Å². The lowest BCUT2D eigenvalue weighted by Gasteiger charge is -2.23. The largest absolute Gasteiger partial charge is 0.486 e. The molecule has 0 amide bonds. The molecule has 0 heterocycles. The van der Waals surface area contributed by atoms with Crippen molar-refractivity contribution in [3.05, 3.63) is 65.7 Å². The highest BCUT2D eigenvalue weighted by Gasteiger charge is 2.30. The molecule has 0 radical (unpaired) electrons. The summed E-state index contributed by atoms with van der Waals surface area (Å²) in [5, 5.41) is 8.61. The minimum absolute atomic E-state index is 0.0544. The predicted molar refractivity (Wildman–Crippen MR) is 96.9 cm³/mol. The van der Waals surface area contributed by atoms with E-state index in [0.29, 0.717) is 12.2 Å². The maximum absolute atomic E-state index is 12.7. The first-order chi connectivity index (χ1) is 13.3. The van der Waals surface area contributed by atoms with Gasteiger partial charge in [0.1, 0.15) is 11.9 Å². The molecule has 2 aromatic carbocycles. The van der Waals surface area contributed by atoms with Crippen LogP contribution in [0.2, 0.25) is 0 Å². The molecule has 152 valence electrons. The Morgan fingerprint density at radius 1 is 1.07 bits per heavy atom. The van der Waals surface area contributed by atoms with Gasteiger partial charge in [0.05, 0.1) is 25.2 Å². The Morgan fingerprint density at radius 2 is 1.71 bits per heavy atom. The minimum Gasteiger partial charge on any atom is -0.486 e. The first-order valence-electron chi connectivity index (χ1n) is 8.69. The van der Waals surface area contributed by atoms with Gasteiger partial charge in [-0.1, -0.05) is 30.3 Å². The van der Waals surface area contributed by atoms with Crippen molar-refractivity contribution in [2.24, 2.45) is 5.73 Å². The number of hydrogen-bond acceptors (Lipinski definition) is 4. The molecule has 0 bridgehead atoms.